The van der Waals surface area contributed by atoms with E-state index in [1.807, 2.05) is 0 Å². The fourth-order valence-corrected chi connectivity index (χ4v) is 1.59. The molecule has 15 heavy (non-hydrogen) atoms. The Hall–Kier alpha value is -1.13. The summed E-state index contributed by atoms with van der Waals surface area (Å²) in [5.41, 5.74) is 0.0711. The van der Waals surface area contributed by atoms with Crippen molar-refractivity contribution in [3.8, 4) is 11.3 Å². The molecule has 0 fully saturated rings. The topological polar surface area (TPSA) is 28.7 Å². The summed E-state index contributed by atoms with van der Waals surface area (Å²) in [6.07, 6.45) is 1.37. The van der Waals surface area contributed by atoms with E-state index in [1.54, 1.807) is 0 Å². The zero-order valence-corrected chi connectivity index (χ0v) is 8.70. The Morgan fingerprint density at radius 3 is 2.47 bits per heavy atom. The molecule has 0 amide bonds. The van der Waals surface area contributed by atoms with Crippen LogP contribution < -0.4 is 0 Å². The number of nitrogens with zero attached hydrogens (tertiary/aromatic N) is 1. The fourth-order valence-electron chi connectivity index (χ4n) is 1.19. The van der Waals surface area contributed by atoms with Crippen molar-refractivity contribution in [2.75, 3.05) is 0 Å². The molecule has 78 valence electrons. The second kappa shape index (κ2) is 3.79. The third-order valence-electron chi connectivity index (χ3n) is 1.84. The highest BCUT2D eigenvalue weighted by Crippen LogP contribution is 2.31. The van der Waals surface area contributed by atoms with E-state index in [0.29, 0.717) is 0 Å². The van der Waals surface area contributed by atoms with Crippen LogP contribution in [-0.2, 0) is 0 Å². The van der Waals surface area contributed by atoms with Gasteiger partial charge in [0.1, 0.15) is 11.5 Å². The Bertz CT molecular complexity index is 511. The average Bonchev–Trinajstić information content (AvgIpc) is 2.58. The number of benzene rings is 1. The van der Waals surface area contributed by atoms with Crippen LogP contribution in [0.25, 0.3) is 11.3 Å². The van der Waals surface area contributed by atoms with Gasteiger partial charge in [0.05, 0.1) is 10.0 Å². The van der Waals surface area contributed by atoms with Crippen LogP contribution in [0.4, 0.5) is 8.78 Å². The lowest BCUT2D eigenvalue weighted by Gasteiger charge is -2.02. The summed E-state index contributed by atoms with van der Waals surface area (Å²) in [6.45, 7) is 0. The van der Waals surface area contributed by atoms with Crippen LogP contribution in [0.15, 0.2) is 18.3 Å². The van der Waals surface area contributed by atoms with E-state index in [2.05, 4.69) is 10.2 Å². The van der Waals surface area contributed by atoms with E-state index in [0.717, 1.165) is 12.1 Å². The molecule has 6 heteroatoms. The highest BCUT2D eigenvalue weighted by Gasteiger charge is 2.15. The zero-order chi connectivity index (χ0) is 11.0. The number of hydrogen-bond donors (Lipinski definition) is 1. The van der Waals surface area contributed by atoms with Gasteiger partial charge in [-0.2, -0.15) is 5.10 Å². The quantitative estimate of drug-likeness (QED) is 0.767. The van der Waals surface area contributed by atoms with Crippen molar-refractivity contribution in [1.82, 2.24) is 10.2 Å². The van der Waals surface area contributed by atoms with Gasteiger partial charge in [0.15, 0.2) is 5.82 Å². The lowest BCUT2D eigenvalue weighted by molar-refractivity contribution is 0.603. The molecule has 0 unspecified atom stereocenters. The van der Waals surface area contributed by atoms with Gasteiger partial charge in [-0.1, -0.05) is 23.2 Å². The molecule has 0 radical (unpaired) electrons. The van der Waals surface area contributed by atoms with E-state index in [9.17, 15) is 8.78 Å². The third kappa shape index (κ3) is 1.82. The lowest BCUT2D eigenvalue weighted by atomic mass is 10.1. The average molecular weight is 249 g/mol. The third-order valence-corrected chi connectivity index (χ3v) is 2.41. The zero-order valence-electron chi connectivity index (χ0n) is 7.19. The van der Waals surface area contributed by atoms with Crippen LogP contribution in [0.3, 0.4) is 0 Å². The molecule has 0 aliphatic heterocycles. The Morgan fingerprint density at radius 2 is 1.87 bits per heavy atom. The maximum Gasteiger partial charge on any atom is 0.151 e. The van der Waals surface area contributed by atoms with Crippen molar-refractivity contribution in [2.24, 2.45) is 0 Å². The molecule has 0 atom stereocenters. The maximum absolute atomic E-state index is 13.5. The highest BCUT2D eigenvalue weighted by molar-refractivity contribution is 6.33. The number of rotatable bonds is 1. The Balaban J connectivity index is 2.68. The Labute approximate surface area is 93.8 Å². The van der Waals surface area contributed by atoms with E-state index >= 15 is 0 Å². The number of aromatic nitrogens is 2. The molecule has 2 aromatic rings. The van der Waals surface area contributed by atoms with E-state index < -0.39 is 11.6 Å². The minimum Gasteiger partial charge on any atom is -0.284 e. The molecule has 0 saturated carbocycles. The maximum atomic E-state index is 13.5. The first-order valence-electron chi connectivity index (χ1n) is 3.94. The molecule has 0 aliphatic rings. The normalized spacial score (nSPS) is 10.7. The lowest BCUT2D eigenvalue weighted by Crippen LogP contribution is -1.89. The van der Waals surface area contributed by atoms with Crippen LogP contribution in [0.2, 0.25) is 10.0 Å². The predicted octanol–water partition coefficient (Wildman–Crippen LogP) is 3.66. The molecular weight excluding hydrogens is 245 g/mol. The minimum atomic E-state index is -0.743. The molecule has 1 N–H and O–H groups in total. The van der Waals surface area contributed by atoms with Gasteiger partial charge in [-0.15, -0.1) is 0 Å². The van der Waals surface area contributed by atoms with Crippen LogP contribution in [-0.4, -0.2) is 10.2 Å². The smallest absolute Gasteiger partial charge is 0.151 e. The number of aromatic amines is 1. The van der Waals surface area contributed by atoms with E-state index in [4.69, 9.17) is 23.2 Å². The van der Waals surface area contributed by atoms with Crippen molar-refractivity contribution in [2.45, 2.75) is 0 Å². The first kappa shape index (κ1) is 10.4. The standard InChI is InChI=1S/C9H4Cl2F2N2/c10-6-2-4(12)1-5(8(6)13)9-7(11)3-14-15-9/h1-3H,(H,14,15). The van der Waals surface area contributed by atoms with Crippen LogP contribution >= 0.6 is 23.2 Å². The Morgan fingerprint density at radius 1 is 1.13 bits per heavy atom. The van der Waals surface area contributed by atoms with Crippen molar-refractivity contribution in [1.29, 1.82) is 0 Å². The summed E-state index contributed by atoms with van der Waals surface area (Å²) in [5.74, 6) is -1.39. The monoisotopic (exact) mass is 248 g/mol. The van der Waals surface area contributed by atoms with Gasteiger partial charge in [0.25, 0.3) is 0 Å². The number of hydrogen-bond acceptors (Lipinski definition) is 1. The van der Waals surface area contributed by atoms with Gasteiger partial charge in [-0.05, 0) is 12.1 Å². The summed E-state index contributed by atoms with van der Waals surface area (Å²) in [6, 6.07) is 1.88. The SMILES string of the molecule is Fc1cc(Cl)c(F)c(-c2n[nH]cc2Cl)c1. The molecule has 0 bridgehead atoms. The Kier molecular flexibility index (Phi) is 2.63. The second-order valence-corrected chi connectivity index (χ2v) is 3.65. The molecule has 1 aromatic carbocycles. The molecule has 2 rings (SSSR count). The fraction of sp³-hybridized carbons (Fsp3) is 0. The molecule has 1 heterocycles. The minimum absolute atomic E-state index is 0.0637. The summed E-state index contributed by atoms with van der Waals surface area (Å²) in [7, 11) is 0. The van der Waals surface area contributed by atoms with Gasteiger partial charge >= 0.3 is 0 Å². The van der Waals surface area contributed by atoms with Gasteiger partial charge in [0, 0.05) is 11.8 Å². The highest BCUT2D eigenvalue weighted by atomic mass is 35.5. The van der Waals surface area contributed by atoms with Gasteiger partial charge in [0.2, 0.25) is 0 Å². The van der Waals surface area contributed by atoms with Gasteiger partial charge < -0.3 is 0 Å². The van der Waals surface area contributed by atoms with Crippen LogP contribution in [0.1, 0.15) is 0 Å². The molecular formula is C9H4Cl2F2N2. The summed E-state index contributed by atoms with van der Waals surface area (Å²) >= 11 is 11.2. The molecule has 0 spiro atoms. The molecule has 1 aromatic heterocycles. The van der Waals surface area contributed by atoms with Gasteiger partial charge in [-0.3, -0.25) is 5.10 Å². The molecule has 0 saturated heterocycles. The van der Waals surface area contributed by atoms with E-state index in [-0.39, 0.29) is 21.3 Å². The van der Waals surface area contributed by atoms with Crippen molar-refractivity contribution in [3.63, 3.8) is 0 Å². The first-order valence-corrected chi connectivity index (χ1v) is 4.69. The second-order valence-electron chi connectivity index (χ2n) is 2.83. The van der Waals surface area contributed by atoms with Gasteiger partial charge in [-0.25, -0.2) is 8.78 Å². The van der Waals surface area contributed by atoms with Crippen molar-refractivity contribution < 1.29 is 8.78 Å². The van der Waals surface area contributed by atoms with Crippen molar-refractivity contribution >= 4 is 23.2 Å². The largest absolute Gasteiger partial charge is 0.284 e. The first-order chi connectivity index (χ1) is 7.09. The summed E-state index contributed by atoms with van der Waals surface area (Å²) < 4.78 is 26.5. The molecule has 2 nitrogen and oxygen atoms in total. The molecule has 0 aliphatic carbocycles. The van der Waals surface area contributed by atoms with E-state index in [1.165, 1.54) is 6.20 Å². The van der Waals surface area contributed by atoms with Crippen molar-refractivity contribution in [3.05, 3.63) is 40.0 Å². The number of halogens is 4. The van der Waals surface area contributed by atoms with Crippen LogP contribution in [0, 0.1) is 11.6 Å². The number of nitrogens with one attached hydrogen (secondary N) is 1. The summed E-state index contributed by atoms with van der Waals surface area (Å²) in [5, 5.41) is 6.06. The number of H-pyrrole nitrogens is 1. The predicted molar refractivity (Wildman–Crippen MR) is 54.0 cm³/mol. The summed E-state index contributed by atoms with van der Waals surface area (Å²) in [4.78, 5) is 0. The van der Waals surface area contributed by atoms with Crippen LogP contribution in [0.5, 0.6) is 0 Å².